The van der Waals surface area contributed by atoms with Crippen molar-refractivity contribution in [1.82, 2.24) is 5.32 Å². The van der Waals surface area contributed by atoms with Crippen LogP contribution in [0.15, 0.2) is 11.8 Å². The number of ether oxygens (including phenoxy) is 1. The van der Waals surface area contributed by atoms with Crippen LogP contribution >= 0.6 is 0 Å². The fraction of sp³-hybridized carbons (Fsp3) is 0.667. The number of amides is 1. The lowest BCUT2D eigenvalue weighted by molar-refractivity contribution is -0.148. The van der Waals surface area contributed by atoms with Gasteiger partial charge in [0.2, 0.25) is 11.7 Å². The molecule has 0 bridgehead atoms. The summed E-state index contributed by atoms with van der Waals surface area (Å²) in [6, 6.07) is -1.05. The maximum atomic E-state index is 11.1. The molecule has 20 heavy (non-hydrogen) atoms. The van der Waals surface area contributed by atoms with Crippen molar-refractivity contribution < 1.29 is 34.8 Å². The van der Waals surface area contributed by atoms with Crippen molar-refractivity contribution in [3.8, 4) is 0 Å². The van der Waals surface area contributed by atoms with Gasteiger partial charge in [-0.05, 0) is 12.5 Å². The van der Waals surface area contributed by atoms with Gasteiger partial charge < -0.3 is 30.5 Å². The Bertz CT molecular complexity index is 409. The smallest absolute Gasteiger partial charge is 0.370 e. The molecule has 0 radical (unpaired) electrons. The molecule has 5 N–H and O–H groups in total. The lowest BCUT2D eigenvalue weighted by Gasteiger charge is -2.38. The van der Waals surface area contributed by atoms with Crippen molar-refractivity contribution in [2.75, 3.05) is 0 Å². The molecule has 114 valence electrons. The van der Waals surface area contributed by atoms with E-state index in [0.717, 1.165) is 6.08 Å². The Balaban J connectivity index is 3.04. The van der Waals surface area contributed by atoms with E-state index in [4.69, 9.17) is 9.84 Å². The monoisotopic (exact) mass is 289 g/mol. The zero-order valence-electron chi connectivity index (χ0n) is 11.2. The summed E-state index contributed by atoms with van der Waals surface area (Å²) in [7, 11) is 0. The van der Waals surface area contributed by atoms with Gasteiger partial charge in [0.15, 0.2) is 6.10 Å². The normalized spacial score (nSPS) is 28.9. The van der Waals surface area contributed by atoms with E-state index in [9.17, 15) is 24.9 Å². The van der Waals surface area contributed by atoms with Crippen molar-refractivity contribution in [1.29, 1.82) is 0 Å². The summed E-state index contributed by atoms with van der Waals surface area (Å²) in [5.74, 6) is -2.42. The molecule has 0 aromatic heterocycles. The molecule has 0 aliphatic carbocycles. The molecule has 8 heteroatoms. The van der Waals surface area contributed by atoms with Gasteiger partial charge in [-0.15, -0.1) is 0 Å². The largest absolute Gasteiger partial charge is 0.478 e. The molecule has 1 aliphatic heterocycles. The van der Waals surface area contributed by atoms with Gasteiger partial charge in [-0.1, -0.05) is 6.92 Å². The summed E-state index contributed by atoms with van der Waals surface area (Å²) in [6.45, 7) is 2.83. The summed E-state index contributed by atoms with van der Waals surface area (Å²) >= 11 is 0. The lowest BCUT2D eigenvalue weighted by Crippen LogP contribution is -2.59. The molecule has 1 rings (SSSR count). The number of nitrogens with one attached hydrogen (secondary N) is 1. The summed E-state index contributed by atoms with van der Waals surface area (Å²) in [5.41, 5.74) is 0. The SMILES string of the molecule is CC[C@@H](O)[C@@H](O)C1OC(C(=O)O)=C[C@@H](O)[C@H]1NC(C)=O. The summed E-state index contributed by atoms with van der Waals surface area (Å²) in [4.78, 5) is 22.0. The molecule has 0 saturated heterocycles. The zero-order valence-corrected chi connectivity index (χ0v) is 11.2. The fourth-order valence-electron chi connectivity index (χ4n) is 1.98. The Morgan fingerprint density at radius 2 is 2.05 bits per heavy atom. The first kappa shape index (κ1) is 16.4. The van der Waals surface area contributed by atoms with Gasteiger partial charge in [0.05, 0.1) is 12.1 Å². The molecule has 0 saturated carbocycles. The highest BCUT2D eigenvalue weighted by Crippen LogP contribution is 2.23. The van der Waals surface area contributed by atoms with Gasteiger partial charge in [-0.2, -0.15) is 0 Å². The van der Waals surface area contributed by atoms with Crippen LogP contribution in [0.4, 0.5) is 0 Å². The van der Waals surface area contributed by atoms with Crippen LogP contribution in [0, 0.1) is 0 Å². The van der Waals surface area contributed by atoms with Crippen LogP contribution < -0.4 is 5.32 Å². The molecule has 1 amide bonds. The second-order valence-electron chi connectivity index (χ2n) is 4.60. The van der Waals surface area contributed by atoms with Gasteiger partial charge >= 0.3 is 5.97 Å². The minimum atomic E-state index is -1.45. The van der Waals surface area contributed by atoms with E-state index in [1.54, 1.807) is 6.92 Å². The first-order valence-electron chi connectivity index (χ1n) is 6.21. The molecule has 1 heterocycles. The molecular formula is C12H19NO7. The van der Waals surface area contributed by atoms with Crippen LogP contribution in [0.2, 0.25) is 0 Å². The Morgan fingerprint density at radius 1 is 1.45 bits per heavy atom. The fourth-order valence-corrected chi connectivity index (χ4v) is 1.98. The second kappa shape index (κ2) is 6.69. The number of carbonyl (C=O) groups is 2. The Kier molecular flexibility index (Phi) is 5.49. The summed E-state index contributed by atoms with van der Waals surface area (Å²) in [5, 5.41) is 40.8. The highest BCUT2D eigenvalue weighted by Gasteiger charge is 2.42. The second-order valence-corrected chi connectivity index (χ2v) is 4.60. The van der Waals surface area contributed by atoms with Crippen LogP contribution in [0.5, 0.6) is 0 Å². The van der Waals surface area contributed by atoms with Gasteiger partial charge in [0.1, 0.15) is 12.2 Å². The van der Waals surface area contributed by atoms with Crippen molar-refractivity contribution >= 4 is 11.9 Å². The number of hydrogen-bond donors (Lipinski definition) is 5. The van der Waals surface area contributed by atoms with E-state index in [1.807, 2.05) is 0 Å². The van der Waals surface area contributed by atoms with Gasteiger partial charge in [-0.25, -0.2) is 4.79 Å². The number of aliphatic hydroxyl groups excluding tert-OH is 3. The molecule has 1 unspecified atom stereocenters. The van der Waals surface area contributed by atoms with Gasteiger partial charge in [-0.3, -0.25) is 4.79 Å². The predicted molar refractivity (Wildman–Crippen MR) is 66.5 cm³/mol. The molecule has 0 fully saturated rings. The Hall–Kier alpha value is -1.64. The van der Waals surface area contributed by atoms with Crippen molar-refractivity contribution in [3.63, 3.8) is 0 Å². The number of carboxylic acid groups (broad SMARTS) is 1. The van der Waals surface area contributed by atoms with Crippen LogP contribution in [-0.4, -0.2) is 62.8 Å². The Morgan fingerprint density at radius 3 is 2.50 bits per heavy atom. The number of carboxylic acids is 1. The van der Waals surface area contributed by atoms with E-state index in [0.29, 0.717) is 0 Å². The number of rotatable bonds is 5. The molecule has 0 spiro atoms. The first-order valence-corrected chi connectivity index (χ1v) is 6.21. The molecular weight excluding hydrogens is 270 g/mol. The third-order valence-corrected chi connectivity index (χ3v) is 3.04. The molecule has 0 aromatic rings. The number of aliphatic hydroxyl groups is 3. The number of carbonyl (C=O) groups excluding carboxylic acids is 1. The minimum absolute atomic E-state index is 0.204. The summed E-state index contributed by atoms with van der Waals surface area (Å²) in [6.07, 6.45) is -4.09. The van der Waals surface area contributed by atoms with Crippen molar-refractivity contribution in [2.24, 2.45) is 0 Å². The average molecular weight is 289 g/mol. The van der Waals surface area contributed by atoms with Crippen molar-refractivity contribution in [3.05, 3.63) is 11.8 Å². The molecule has 8 nitrogen and oxygen atoms in total. The highest BCUT2D eigenvalue weighted by molar-refractivity contribution is 5.84. The standard InChI is InChI=1S/C12H19NO7/c1-3-6(15)10(17)11-9(13-5(2)14)7(16)4-8(20-11)12(18)19/h4,6-7,9-11,15-17H,3H2,1-2H3,(H,13,14)(H,18,19)/t6-,7-,9-,10-,11?/m1/s1. The van der Waals surface area contributed by atoms with E-state index >= 15 is 0 Å². The maximum Gasteiger partial charge on any atom is 0.370 e. The van der Waals surface area contributed by atoms with Crippen LogP contribution in [0.3, 0.4) is 0 Å². The number of hydrogen-bond acceptors (Lipinski definition) is 6. The van der Waals surface area contributed by atoms with Crippen LogP contribution in [-0.2, 0) is 14.3 Å². The third kappa shape index (κ3) is 3.69. The van der Waals surface area contributed by atoms with Crippen molar-refractivity contribution in [2.45, 2.75) is 50.7 Å². The summed E-state index contributed by atoms with van der Waals surface area (Å²) < 4.78 is 5.09. The van der Waals surface area contributed by atoms with Crippen LogP contribution in [0.25, 0.3) is 0 Å². The minimum Gasteiger partial charge on any atom is -0.478 e. The highest BCUT2D eigenvalue weighted by atomic mass is 16.5. The average Bonchev–Trinajstić information content (AvgIpc) is 2.38. The van der Waals surface area contributed by atoms with Crippen LogP contribution in [0.1, 0.15) is 20.3 Å². The topological polar surface area (TPSA) is 136 Å². The predicted octanol–water partition coefficient (Wildman–Crippen LogP) is -1.65. The number of aliphatic carboxylic acids is 1. The quantitative estimate of drug-likeness (QED) is 0.409. The maximum absolute atomic E-state index is 11.1. The van der Waals surface area contributed by atoms with E-state index in [-0.39, 0.29) is 6.42 Å². The van der Waals surface area contributed by atoms with Gasteiger partial charge in [0.25, 0.3) is 0 Å². The molecule has 5 atom stereocenters. The van der Waals surface area contributed by atoms with E-state index in [2.05, 4.69) is 5.32 Å². The van der Waals surface area contributed by atoms with Gasteiger partial charge in [0, 0.05) is 6.92 Å². The van der Waals surface area contributed by atoms with E-state index < -0.39 is 48.1 Å². The van der Waals surface area contributed by atoms with E-state index in [1.165, 1.54) is 6.92 Å². The molecule has 1 aliphatic rings. The zero-order chi connectivity index (χ0) is 15.4. The first-order chi connectivity index (χ1) is 9.27. The third-order valence-electron chi connectivity index (χ3n) is 3.04. The Labute approximate surface area is 115 Å². The lowest BCUT2D eigenvalue weighted by atomic mass is 9.93. The molecule has 0 aromatic carbocycles.